The molecule has 1 aliphatic rings. The van der Waals surface area contributed by atoms with Gasteiger partial charge in [0.15, 0.2) is 0 Å². The van der Waals surface area contributed by atoms with Crippen molar-refractivity contribution < 1.29 is 9.59 Å². The highest BCUT2D eigenvalue weighted by Crippen LogP contribution is 2.27. The topological polar surface area (TPSA) is 54.3 Å². The van der Waals surface area contributed by atoms with Gasteiger partial charge in [0.25, 0.3) is 5.91 Å². The number of carbonyl (C=O) groups excluding carboxylic acids is 2. The van der Waals surface area contributed by atoms with Gasteiger partial charge in [0.05, 0.1) is 6.54 Å². The van der Waals surface area contributed by atoms with Crippen LogP contribution in [0, 0.1) is 6.92 Å². The molecular formula is C21H19N3O2. The van der Waals surface area contributed by atoms with E-state index in [9.17, 15) is 9.59 Å². The van der Waals surface area contributed by atoms with Gasteiger partial charge in [-0.25, -0.2) is 4.79 Å². The normalized spacial score (nSPS) is 15.9. The SMILES string of the molecule is Cc1c(/C=C2\NC(=O)N(Cc3ccccc3)C2=O)c2ccccc2n1C. The van der Waals surface area contributed by atoms with Crippen molar-refractivity contribution in [3.8, 4) is 0 Å². The number of aromatic nitrogens is 1. The van der Waals surface area contributed by atoms with Crippen LogP contribution in [0.4, 0.5) is 4.79 Å². The molecule has 1 fully saturated rings. The molecule has 0 unspecified atom stereocenters. The van der Waals surface area contributed by atoms with Crippen LogP contribution in [0.5, 0.6) is 0 Å². The first-order chi connectivity index (χ1) is 12.6. The van der Waals surface area contributed by atoms with Crippen LogP contribution in [0.3, 0.4) is 0 Å². The van der Waals surface area contributed by atoms with Gasteiger partial charge in [0.2, 0.25) is 0 Å². The third-order valence-corrected chi connectivity index (χ3v) is 4.88. The third-order valence-electron chi connectivity index (χ3n) is 4.88. The largest absolute Gasteiger partial charge is 0.347 e. The first-order valence-corrected chi connectivity index (χ1v) is 8.49. The molecule has 26 heavy (non-hydrogen) atoms. The molecule has 0 bridgehead atoms. The Bertz CT molecular complexity index is 1050. The lowest BCUT2D eigenvalue weighted by molar-refractivity contribution is -0.123. The van der Waals surface area contributed by atoms with Crippen LogP contribution in [0.25, 0.3) is 17.0 Å². The summed E-state index contributed by atoms with van der Waals surface area (Å²) in [5.41, 5.74) is 4.31. The predicted octanol–water partition coefficient (Wildman–Crippen LogP) is 3.58. The maximum atomic E-state index is 12.7. The van der Waals surface area contributed by atoms with E-state index in [1.807, 2.05) is 68.6 Å². The Morgan fingerprint density at radius 1 is 1.00 bits per heavy atom. The summed E-state index contributed by atoms with van der Waals surface area (Å²) in [6.45, 7) is 2.27. The minimum absolute atomic E-state index is 0.261. The Balaban J connectivity index is 1.70. The maximum Gasteiger partial charge on any atom is 0.329 e. The van der Waals surface area contributed by atoms with Crippen molar-refractivity contribution in [1.29, 1.82) is 0 Å². The number of urea groups is 1. The van der Waals surface area contributed by atoms with Gasteiger partial charge in [-0.3, -0.25) is 9.69 Å². The summed E-state index contributed by atoms with van der Waals surface area (Å²) in [4.78, 5) is 26.3. The molecule has 130 valence electrons. The standard InChI is InChI=1S/C21H19N3O2/c1-14-17(16-10-6-7-11-19(16)23(14)2)12-18-20(25)24(21(26)22-18)13-15-8-4-3-5-9-15/h3-12H,13H2,1-2H3,(H,22,26)/b18-12-. The van der Waals surface area contributed by atoms with E-state index >= 15 is 0 Å². The van der Waals surface area contributed by atoms with Crippen molar-refractivity contribution in [2.24, 2.45) is 7.05 Å². The number of rotatable bonds is 3. The Hall–Kier alpha value is -3.34. The van der Waals surface area contributed by atoms with E-state index in [2.05, 4.69) is 9.88 Å². The van der Waals surface area contributed by atoms with Crippen molar-refractivity contribution in [2.75, 3.05) is 0 Å². The lowest BCUT2D eigenvalue weighted by atomic mass is 10.1. The Kier molecular flexibility index (Phi) is 3.84. The fourth-order valence-corrected chi connectivity index (χ4v) is 3.36. The van der Waals surface area contributed by atoms with Crippen molar-refractivity contribution in [2.45, 2.75) is 13.5 Å². The molecule has 1 N–H and O–H groups in total. The molecule has 0 aliphatic carbocycles. The lowest BCUT2D eigenvalue weighted by Gasteiger charge is -2.11. The zero-order valence-electron chi connectivity index (χ0n) is 14.7. The number of aryl methyl sites for hydroxylation is 1. The second-order valence-corrected chi connectivity index (χ2v) is 6.44. The van der Waals surface area contributed by atoms with Crippen LogP contribution in [-0.2, 0) is 18.4 Å². The summed E-state index contributed by atoms with van der Waals surface area (Å²) in [5.74, 6) is -0.300. The third kappa shape index (κ3) is 2.58. The van der Waals surface area contributed by atoms with Crippen LogP contribution in [-0.4, -0.2) is 21.4 Å². The number of nitrogens with one attached hydrogen (secondary N) is 1. The number of benzene rings is 2. The van der Waals surface area contributed by atoms with E-state index in [0.717, 1.165) is 27.7 Å². The highest BCUT2D eigenvalue weighted by atomic mass is 16.2. The smallest absolute Gasteiger partial charge is 0.329 e. The molecule has 2 heterocycles. The van der Waals surface area contributed by atoms with Crippen molar-refractivity contribution in [3.05, 3.63) is 77.1 Å². The van der Waals surface area contributed by atoms with Gasteiger partial charge in [-0.15, -0.1) is 0 Å². The summed E-state index contributed by atoms with van der Waals surface area (Å²) in [6, 6.07) is 17.1. The van der Waals surface area contributed by atoms with Crippen LogP contribution in [0.2, 0.25) is 0 Å². The van der Waals surface area contributed by atoms with Gasteiger partial charge in [-0.2, -0.15) is 0 Å². The van der Waals surface area contributed by atoms with Crippen molar-refractivity contribution in [3.63, 3.8) is 0 Å². The van der Waals surface area contributed by atoms with Gasteiger partial charge in [-0.1, -0.05) is 48.5 Å². The van der Waals surface area contributed by atoms with Gasteiger partial charge in [0.1, 0.15) is 5.70 Å². The highest BCUT2D eigenvalue weighted by molar-refractivity contribution is 6.14. The average molecular weight is 345 g/mol. The van der Waals surface area contributed by atoms with Gasteiger partial charge in [-0.05, 0) is 24.6 Å². The van der Waals surface area contributed by atoms with E-state index in [1.165, 1.54) is 4.90 Å². The van der Waals surface area contributed by atoms with E-state index in [1.54, 1.807) is 6.08 Å². The Labute approximate surface area is 151 Å². The predicted molar refractivity (Wildman–Crippen MR) is 101 cm³/mol. The number of imide groups is 1. The maximum absolute atomic E-state index is 12.7. The molecule has 2 aromatic carbocycles. The Morgan fingerprint density at radius 3 is 2.46 bits per heavy atom. The molecule has 3 amide bonds. The summed E-state index contributed by atoms with van der Waals surface area (Å²) in [7, 11) is 2.00. The summed E-state index contributed by atoms with van der Waals surface area (Å²) >= 11 is 0. The fraction of sp³-hybridized carbons (Fsp3) is 0.143. The van der Waals surface area contributed by atoms with Gasteiger partial charge >= 0.3 is 6.03 Å². The quantitative estimate of drug-likeness (QED) is 0.583. The summed E-state index contributed by atoms with van der Waals surface area (Å²) in [6.07, 6.45) is 1.78. The first-order valence-electron chi connectivity index (χ1n) is 8.49. The molecule has 5 nitrogen and oxygen atoms in total. The van der Waals surface area contributed by atoms with Crippen LogP contribution >= 0.6 is 0 Å². The molecule has 0 saturated carbocycles. The second-order valence-electron chi connectivity index (χ2n) is 6.44. The zero-order chi connectivity index (χ0) is 18.3. The molecule has 5 heteroatoms. The van der Waals surface area contributed by atoms with Crippen LogP contribution in [0.1, 0.15) is 16.8 Å². The second kappa shape index (κ2) is 6.19. The number of para-hydroxylation sites is 1. The molecule has 3 aromatic rings. The minimum atomic E-state index is -0.386. The molecule has 4 rings (SSSR count). The van der Waals surface area contributed by atoms with E-state index in [4.69, 9.17) is 0 Å². The van der Waals surface area contributed by atoms with E-state index in [0.29, 0.717) is 5.70 Å². The van der Waals surface area contributed by atoms with E-state index < -0.39 is 0 Å². The monoisotopic (exact) mass is 345 g/mol. The summed E-state index contributed by atoms with van der Waals surface area (Å²) < 4.78 is 2.09. The molecule has 0 atom stereocenters. The van der Waals surface area contributed by atoms with Gasteiger partial charge < -0.3 is 9.88 Å². The van der Waals surface area contributed by atoms with E-state index in [-0.39, 0.29) is 18.5 Å². The first kappa shape index (κ1) is 16.1. The molecular weight excluding hydrogens is 326 g/mol. The van der Waals surface area contributed by atoms with Crippen LogP contribution in [0.15, 0.2) is 60.3 Å². The molecule has 1 aromatic heterocycles. The number of nitrogens with zero attached hydrogens (tertiary/aromatic N) is 2. The number of hydrogen-bond donors (Lipinski definition) is 1. The van der Waals surface area contributed by atoms with Crippen molar-refractivity contribution >= 4 is 28.9 Å². The van der Waals surface area contributed by atoms with Crippen molar-refractivity contribution in [1.82, 2.24) is 14.8 Å². The number of amides is 3. The zero-order valence-corrected chi connectivity index (χ0v) is 14.7. The summed E-state index contributed by atoms with van der Waals surface area (Å²) in [5, 5.41) is 3.77. The molecule has 0 radical (unpaired) electrons. The Morgan fingerprint density at radius 2 is 1.69 bits per heavy atom. The fourth-order valence-electron chi connectivity index (χ4n) is 3.36. The number of fused-ring (bicyclic) bond motifs is 1. The number of carbonyl (C=O) groups is 2. The molecule has 1 aliphatic heterocycles. The van der Waals surface area contributed by atoms with Gasteiger partial charge in [0, 0.05) is 29.2 Å². The minimum Gasteiger partial charge on any atom is -0.347 e. The number of hydrogen-bond acceptors (Lipinski definition) is 2. The molecule has 1 saturated heterocycles. The highest BCUT2D eigenvalue weighted by Gasteiger charge is 2.33. The van der Waals surface area contributed by atoms with Crippen LogP contribution < -0.4 is 5.32 Å². The molecule has 0 spiro atoms. The average Bonchev–Trinajstić information content (AvgIpc) is 3.06. The lowest BCUT2D eigenvalue weighted by Crippen LogP contribution is -2.30.